The van der Waals surface area contributed by atoms with Crippen molar-refractivity contribution in [3.8, 4) is 0 Å². The van der Waals surface area contributed by atoms with E-state index >= 15 is 0 Å². The summed E-state index contributed by atoms with van der Waals surface area (Å²) in [5.41, 5.74) is 0.805. The average molecular weight is 223 g/mol. The zero-order valence-electron chi connectivity index (χ0n) is 9.62. The number of aromatic nitrogens is 1. The minimum atomic E-state index is -0.431. The van der Waals surface area contributed by atoms with Crippen molar-refractivity contribution >= 4 is 5.69 Å². The Balaban J connectivity index is 1.74. The number of hydrogen-bond acceptors (Lipinski definition) is 3. The summed E-state index contributed by atoms with van der Waals surface area (Å²) in [6.45, 7) is 5.15. The van der Waals surface area contributed by atoms with Gasteiger partial charge in [-0.15, -0.1) is 0 Å². The van der Waals surface area contributed by atoms with E-state index in [1.165, 1.54) is 25.1 Å². The molecule has 0 saturated heterocycles. The minimum Gasteiger partial charge on any atom is -0.384 e. The summed E-state index contributed by atoms with van der Waals surface area (Å²) in [5.74, 6) is -0.431. The molecule has 1 saturated carbocycles. The van der Waals surface area contributed by atoms with E-state index in [1.54, 1.807) is 6.07 Å². The van der Waals surface area contributed by atoms with Gasteiger partial charge >= 0.3 is 0 Å². The Hall–Kier alpha value is -1.16. The summed E-state index contributed by atoms with van der Waals surface area (Å²) < 4.78 is 12.8. The predicted octanol–water partition coefficient (Wildman–Crippen LogP) is 2.12. The van der Waals surface area contributed by atoms with E-state index < -0.39 is 5.95 Å². The van der Waals surface area contributed by atoms with Crippen LogP contribution in [0.25, 0.3) is 0 Å². The van der Waals surface area contributed by atoms with Crippen molar-refractivity contribution in [2.45, 2.75) is 25.8 Å². The normalized spacial score (nSPS) is 15.4. The predicted molar refractivity (Wildman–Crippen MR) is 63.0 cm³/mol. The van der Waals surface area contributed by atoms with Crippen molar-refractivity contribution in [2.24, 2.45) is 0 Å². The fourth-order valence-corrected chi connectivity index (χ4v) is 1.89. The second-order valence-corrected chi connectivity index (χ2v) is 4.15. The molecule has 0 spiro atoms. The van der Waals surface area contributed by atoms with Crippen molar-refractivity contribution in [1.82, 2.24) is 9.88 Å². The SMILES string of the molecule is CCN(CCNc1ccnc(F)c1)C1CC1. The Morgan fingerprint density at radius 3 is 3.00 bits per heavy atom. The first-order valence-corrected chi connectivity index (χ1v) is 5.89. The Labute approximate surface area is 95.7 Å². The zero-order chi connectivity index (χ0) is 11.4. The summed E-state index contributed by atoms with van der Waals surface area (Å²) in [4.78, 5) is 5.98. The van der Waals surface area contributed by atoms with Gasteiger partial charge in [0.1, 0.15) is 0 Å². The summed E-state index contributed by atoms with van der Waals surface area (Å²) >= 11 is 0. The van der Waals surface area contributed by atoms with Crippen LogP contribution >= 0.6 is 0 Å². The molecule has 88 valence electrons. The molecule has 1 fully saturated rings. The van der Waals surface area contributed by atoms with Crippen molar-refractivity contribution in [1.29, 1.82) is 0 Å². The van der Waals surface area contributed by atoms with Crippen LogP contribution in [-0.4, -0.2) is 35.6 Å². The molecule has 4 heteroatoms. The number of rotatable bonds is 6. The molecule has 1 aliphatic carbocycles. The van der Waals surface area contributed by atoms with Crippen molar-refractivity contribution in [3.63, 3.8) is 0 Å². The molecule has 1 aromatic heterocycles. The van der Waals surface area contributed by atoms with Gasteiger partial charge in [-0.05, 0) is 25.5 Å². The van der Waals surface area contributed by atoms with Gasteiger partial charge in [-0.25, -0.2) is 4.98 Å². The summed E-state index contributed by atoms with van der Waals surface area (Å²) in [5, 5.41) is 3.21. The molecule has 1 aromatic rings. The molecule has 0 amide bonds. The maximum atomic E-state index is 12.8. The van der Waals surface area contributed by atoms with Crippen LogP contribution in [0.1, 0.15) is 19.8 Å². The lowest BCUT2D eigenvalue weighted by Gasteiger charge is -2.20. The molecule has 1 heterocycles. The van der Waals surface area contributed by atoms with Crippen molar-refractivity contribution in [2.75, 3.05) is 25.0 Å². The maximum Gasteiger partial charge on any atom is 0.214 e. The zero-order valence-corrected chi connectivity index (χ0v) is 9.62. The molecule has 16 heavy (non-hydrogen) atoms. The molecular weight excluding hydrogens is 205 g/mol. The standard InChI is InChI=1S/C12H18FN3/c1-2-16(11-3-4-11)8-7-14-10-5-6-15-12(13)9-10/h5-6,9,11H,2-4,7-8H2,1H3,(H,14,15). The number of nitrogens with zero attached hydrogens (tertiary/aromatic N) is 2. The molecule has 0 bridgehead atoms. The number of pyridine rings is 1. The van der Waals surface area contributed by atoms with Gasteiger partial charge < -0.3 is 5.32 Å². The number of nitrogens with one attached hydrogen (secondary N) is 1. The lowest BCUT2D eigenvalue weighted by Crippen LogP contribution is -2.30. The summed E-state index contributed by atoms with van der Waals surface area (Å²) in [7, 11) is 0. The first-order chi connectivity index (χ1) is 7.79. The monoisotopic (exact) mass is 223 g/mol. The molecule has 0 atom stereocenters. The van der Waals surface area contributed by atoms with E-state index in [4.69, 9.17) is 0 Å². The van der Waals surface area contributed by atoms with Gasteiger partial charge in [0.15, 0.2) is 0 Å². The smallest absolute Gasteiger partial charge is 0.214 e. The third-order valence-corrected chi connectivity index (χ3v) is 2.92. The molecule has 0 unspecified atom stereocenters. The molecule has 0 aromatic carbocycles. The highest BCUT2D eigenvalue weighted by atomic mass is 19.1. The molecule has 1 N–H and O–H groups in total. The third kappa shape index (κ3) is 3.17. The summed E-state index contributed by atoms with van der Waals surface area (Å²) in [6, 6.07) is 4.00. The van der Waals surface area contributed by atoms with E-state index in [-0.39, 0.29) is 0 Å². The van der Waals surface area contributed by atoms with Crippen molar-refractivity contribution < 1.29 is 4.39 Å². The van der Waals surface area contributed by atoms with E-state index in [1.807, 2.05) is 0 Å². The van der Waals surface area contributed by atoms with Crippen LogP contribution in [0.15, 0.2) is 18.3 Å². The molecule has 3 nitrogen and oxygen atoms in total. The fraction of sp³-hybridized carbons (Fsp3) is 0.583. The largest absolute Gasteiger partial charge is 0.384 e. The van der Waals surface area contributed by atoms with Crippen LogP contribution in [0.3, 0.4) is 0 Å². The average Bonchev–Trinajstić information content (AvgIpc) is 3.08. The fourth-order valence-electron chi connectivity index (χ4n) is 1.89. The number of likely N-dealkylation sites (N-methyl/N-ethyl adjacent to an activating group) is 1. The van der Waals surface area contributed by atoms with Gasteiger partial charge in [-0.3, -0.25) is 4.90 Å². The summed E-state index contributed by atoms with van der Waals surface area (Å²) in [6.07, 6.45) is 4.14. The quantitative estimate of drug-likeness (QED) is 0.749. The van der Waals surface area contributed by atoms with Gasteiger partial charge in [-0.1, -0.05) is 6.92 Å². The van der Waals surface area contributed by atoms with Crippen LogP contribution in [-0.2, 0) is 0 Å². The van der Waals surface area contributed by atoms with Gasteiger partial charge in [0, 0.05) is 37.1 Å². The molecule has 0 radical (unpaired) electrons. The highest BCUT2D eigenvalue weighted by molar-refractivity contribution is 5.41. The van der Waals surface area contributed by atoms with Gasteiger partial charge in [0.25, 0.3) is 0 Å². The second kappa shape index (κ2) is 5.25. The number of anilines is 1. The van der Waals surface area contributed by atoms with E-state index in [0.717, 1.165) is 31.4 Å². The molecule has 0 aliphatic heterocycles. The number of hydrogen-bond donors (Lipinski definition) is 1. The second-order valence-electron chi connectivity index (χ2n) is 4.15. The van der Waals surface area contributed by atoms with Crippen LogP contribution in [0.5, 0.6) is 0 Å². The van der Waals surface area contributed by atoms with E-state index in [9.17, 15) is 4.39 Å². The third-order valence-electron chi connectivity index (χ3n) is 2.92. The van der Waals surface area contributed by atoms with E-state index in [0.29, 0.717) is 0 Å². The highest BCUT2D eigenvalue weighted by Gasteiger charge is 2.26. The lowest BCUT2D eigenvalue weighted by atomic mass is 10.4. The number of halogens is 1. The van der Waals surface area contributed by atoms with Gasteiger partial charge in [-0.2, -0.15) is 4.39 Å². The van der Waals surface area contributed by atoms with E-state index in [2.05, 4.69) is 22.1 Å². The van der Waals surface area contributed by atoms with Crippen molar-refractivity contribution in [3.05, 3.63) is 24.3 Å². The van der Waals surface area contributed by atoms with Crippen LogP contribution in [0.2, 0.25) is 0 Å². The highest BCUT2D eigenvalue weighted by Crippen LogP contribution is 2.25. The van der Waals surface area contributed by atoms with Gasteiger partial charge in [0.2, 0.25) is 5.95 Å². The first kappa shape index (κ1) is 11.3. The Bertz CT molecular complexity index is 339. The lowest BCUT2D eigenvalue weighted by molar-refractivity contribution is 0.289. The Kier molecular flexibility index (Phi) is 3.72. The molecular formula is C12H18FN3. The van der Waals surface area contributed by atoms with Crippen LogP contribution < -0.4 is 5.32 Å². The van der Waals surface area contributed by atoms with Gasteiger partial charge in [0.05, 0.1) is 0 Å². The Morgan fingerprint density at radius 1 is 1.56 bits per heavy atom. The first-order valence-electron chi connectivity index (χ1n) is 5.89. The van der Waals surface area contributed by atoms with Crippen LogP contribution in [0, 0.1) is 5.95 Å². The Morgan fingerprint density at radius 2 is 2.38 bits per heavy atom. The maximum absolute atomic E-state index is 12.8. The molecule has 1 aliphatic rings. The van der Waals surface area contributed by atoms with Crippen LogP contribution in [0.4, 0.5) is 10.1 Å². The minimum absolute atomic E-state index is 0.431. The molecule has 2 rings (SSSR count). The topological polar surface area (TPSA) is 28.2 Å².